The van der Waals surface area contributed by atoms with Crippen molar-refractivity contribution < 1.29 is 23.1 Å². The second-order valence-corrected chi connectivity index (χ2v) is 6.84. The fraction of sp³-hybridized carbons (Fsp3) is 0.174. The van der Waals surface area contributed by atoms with Crippen molar-refractivity contribution in [2.45, 2.75) is 19.9 Å². The molecular weight excluding hydrogens is 418 g/mol. The molecule has 3 aromatic rings. The van der Waals surface area contributed by atoms with Crippen LogP contribution in [-0.2, 0) is 22.5 Å². The van der Waals surface area contributed by atoms with Crippen LogP contribution in [0.3, 0.4) is 0 Å². The Labute approximate surface area is 183 Å². The molecule has 0 aliphatic rings. The van der Waals surface area contributed by atoms with Gasteiger partial charge in [0.25, 0.3) is 5.91 Å². The van der Waals surface area contributed by atoms with Crippen molar-refractivity contribution in [2.75, 3.05) is 17.2 Å². The second kappa shape index (κ2) is 10.3. The zero-order valence-electron chi connectivity index (χ0n) is 17.3. The van der Waals surface area contributed by atoms with Crippen LogP contribution < -0.4 is 16.4 Å². The Kier molecular flexibility index (Phi) is 7.33. The van der Waals surface area contributed by atoms with Gasteiger partial charge in [0.1, 0.15) is 17.5 Å². The number of pyridine rings is 1. The average Bonchev–Trinajstić information content (AvgIpc) is 2.75. The zero-order chi connectivity index (χ0) is 23.1. The minimum Gasteiger partial charge on any atom is -0.466 e. The molecule has 0 unspecified atom stereocenters. The number of aromatic nitrogens is 1. The molecular formula is C23H22F2N4O3. The maximum absolute atomic E-state index is 13.9. The number of primary amides is 1. The Morgan fingerprint density at radius 3 is 2.41 bits per heavy atom. The molecule has 0 aliphatic carbocycles. The van der Waals surface area contributed by atoms with E-state index in [4.69, 9.17) is 10.5 Å². The van der Waals surface area contributed by atoms with Crippen LogP contribution in [0.5, 0.6) is 0 Å². The number of anilines is 3. The summed E-state index contributed by atoms with van der Waals surface area (Å²) >= 11 is 0. The molecule has 0 spiro atoms. The van der Waals surface area contributed by atoms with Crippen LogP contribution in [0.1, 0.15) is 28.4 Å². The molecule has 32 heavy (non-hydrogen) atoms. The number of amides is 1. The Morgan fingerprint density at radius 1 is 1.09 bits per heavy atom. The predicted octanol–water partition coefficient (Wildman–Crippen LogP) is 3.92. The lowest BCUT2D eigenvalue weighted by Gasteiger charge is -2.14. The first-order valence-electron chi connectivity index (χ1n) is 9.85. The van der Waals surface area contributed by atoms with Crippen molar-refractivity contribution in [3.8, 4) is 0 Å². The molecule has 2 aromatic carbocycles. The number of nitrogens with two attached hydrogens (primary N) is 1. The zero-order valence-corrected chi connectivity index (χ0v) is 17.3. The van der Waals surface area contributed by atoms with E-state index in [-0.39, 0.29) is 35.7 Å². The largest absolute Gasteiger partial charge is 0.466 e. The topological polar surface area (TPSA) is 106 Å². The summed E-state index contributed by atoms with van der Waals surface area (Å²) in [5, 5.41) is 5.92. The van der Waals surface area contributed by atoms with E-state index in [1.54, 1.807) is 31.2 Å². The number of nitrogens with zero attached hydrogens (tertiary/aromatic N) is 1. The SMILES string of the molecule is CCOC(=O)Cc1ccc(Nc2cc(NCc3c(F)cccc3F)c(C(N)=O)cn2)cc1. The van der Waals surface area contributed by atoms with Crippen molar-refractivity contribution in [3.63, 3.8) is 0 Å². The summed E-state index contributed by atoms with van der Waals surface area (Å²) < 4.78 is 32.7. The van der Waals surface area contributed by atoms with Gasteiger partial charge >= 0.3 is 5.97 Å². The molecule has 0 aliphatic heterocycles. The maximum Gasteiger partial charge on any atom is 0.310 e. The van der Waals surface area contributed by atoms with E-state index in [0.717, 1.165) is 17.7 Å². The summed E-state index contributed by atoms with van der Waals surface area (Å²) in [6.07, 6.45) is 1.44. The van der Waals surface area contributed by atoms with Crippen LogP contribution in [0.15, 0.2) is 54.7 Å². The highest BCUT2D eigenvalue weighted by Crippen LogP contribution is 2.23. The quantitative estimate of drug-likeness (QED) is 0.436. The minimum atomic E-state index is -0.733. The molecule has 9 heteroatoms. The molecule has 4 N–H and O–H groups in total. The molecule has 1 heterocycles. The first-order valence-corrected chi connectivity index (χ1v) is 9.85. The molecule has 0 saturated heterocycles. The van der Waals surface area contributed by atoms with Crippen molar-refractivity contribution in [1.82, 2.24) is 4.98 Å². The number of halogens is 2. The van der Waals surface area contributed by atoms with Gasteiger partial charge in [-0.05, 0) is 36.8 Å². The summed E-state index contributed by atoms with van der Waals surface area (Å²) in [6, 6.07) is 12.2. The summed E-state index contributed by atoms with van der Waals surface area (Å²) in [7, 11) is 0. The van der Waals surface area contributed by atoms with Crippen LogP contribution in [0, 0.1) is 11.6 Å². The molecule has 7 nitrogen and oxygen atoms in total. The Balaban J connectivity index is 1.75. The highest BCUT2D eigenvalue weighted by molar-refractivity contribution is 5.98. The number of carbonyl (C=O) groups is 2. The monoisotopic (exact) mass is 440 g/mol. The van der Waals surface area contributed by atoms with Gasteiger partial charge in [0, 0.05) is 30.1 Å². The molecule has 3 rings (SSSR count). The minimum absolute atomic E-state index is 0.0806. The van der Waals surface area contributed by atoms with Gasteiger partial charge in [-0.3, -0.25) is 9.59 Å². The van der Waals surface area contributed by atoms with Gasteiger partial charge in [0.15, 0.2) is 0 Å². The maximum atomic E-state index is 13.9. The van der Waals surface area contributed by atoms with Crippen LogP contribution in [-0.4, -0.2) is 23.5 Å². The van der Waals surface area contributed by atoms with Crippen molar-refractivity contribution >= 4 is 29.1 Å². The second-order valence-electron chi connectivity index (χ2n) is 6.84. The van der Waals surface area contributed by atoms with E-state index in [2.05, 4.69) is 15.6 Å². The number of esters is 1. The lowest BCUT2D eigenvalue weighted by molar-refractivity contribution is -0.142. The highest BCUT2D eigenvalue weighted by atomic mass is 19.1. The summed E-state index contributed by atoms with van der Waals surface area (Å²) in [4.78, 5) is 27.5. The standard InChI is InChI=1S/C23H22F2N4O3/c1-2-32-22(30)10-14-6-8-15(9-7-14)29-21-11-20(17(13-28-21)23(26)31)27-12-16-18(24)4-3-5-19(16)25/h3-9,11,13H,2,10,12H2,1H3,(H2,26,31)(H2,27,28,29). The first kappa shape index (κ1) is 22.7. The van der Waals surface area contributed by atoms with Crippen molar-refractivity contribution in [3.05, 3.63) is 83.1 Å². The molecule has 0 bridgehead atoms. The Bertz CT molecular complexity index is 1100. The van der Waals surface area contributed by atoms with Gasteiger partial charge in [-0.2, -0.15) is 0 Å². The van der Waals surface area contributed by atoms with E-state index < -0.39 is 17.5 Å². The Morgan fingerprint density at radius 2 is 1.78 bits per heavy atom. The first-order chi connectivity index (χ1) is 15.4. The summed E-state index contributed by atoms with van der Waals surface area (Å²) in [5.74, 6) is -2.06. The normalized spacial score (nSPS) is 10.5. The number of hydrogen-bond acceptors (Lipinski definition) is 6. The highest BCUT2D eigenvalue weighted by Gasteiger charge is 2.13. The number of rotatable bonds is 9. The molecule has 0 saturated carbocycles. The number of benzene rings is 2. The average molecular weight is 440 g/mol. The lowest BCUT2D eigenvalue weighted by atomic mass is 10.1. The third-order valence-electron chi connectivity index (χ3n) is 4.57. The summed E-state index contributed by atoms with van der Waals surface area (Å²) in [6.45, 7) is 1.88. The van der Waals surface area contributed by atoms with Gasteiger partial charge in [-0.15, -0.1) is 0 Å². The number of nitrogens with one attached hydrogen (secondary N) is 2. The summed E-state index contributed by atoms with van der Waals surface area (Å²) in [5.41, 5.74) is 7.07. The fourth-order valence-electron chi connectivity index (χ4n) is 2.98. The number of carbonyl (C=O) groups excluding carboxylic acids is 2. The predicted molar refractivity (Wildman–Crippen MR) is 117 cm³/mol. The third kappa shape index (κ3) is 5.78. The van der Waals surface area contributed by atoms with E-state index in [0.29, 0.717) is 18.1 Å². The van der Waals surface area contributed by atoms with Gasteiger partial charge in [-0.25, -0.2) is 13.8 Å². The Hall–Kier alpha value is -4.01. The van der Waals surface area contributed by atoms with Gasteiger partial charge < -0.3 is 21.1 Å². The fourth-order valence-corrected chi connectivity index (χ4v) is 2.98. The van der Waals surface area contributed by atoms with Gasteiger partial charge in [-0.1, -0.05) is 18.2 Å². The van der Waals surface area contributed by atoms with Gasteiger partial charge in [0.2, 0.25) is 0 Å². The molecule has 0 fully saturated rings. The molecule has 1 amide bonds. The molecule has 0 atom stereocenters. The number of hydrogen-bond donors (Lipinski definition) is 3. The third-order valence-corrected chi connectivity index (χ3v) is 4.57. The van der Waals surface area contributed by atoms with E-state index in [1.165, 1.54) is 18.3 Å². The van der Waals surface area contributed by atoms with Gasteiger partial charge in [0.05, 0.1) is 24.3 Å². The number of ether oxygens (including phenoxy) is 1. The molecule has 166 valence electrons. The van der Waals surface area contributed by atoms with Crippen LogP contribution in [0.4, 0.5) is 26.0 Å². The van der Waals surface area contributed by atoms with E-state index >= 15 is 0 Å². The van der Waals surface area contributed by atoms with E-state index in [9.17, 15) is 18.4 Å². The molecule has 1 aromatic heterocycles. The molecule has 0 radical (unpaired) electrons. The van der Waals surface area contributed by atoms with Crippen LogP contribution in [0.25, 0.3) is 0 Å². The van der Waals surface area contributed by atoms with Crippen LogP contribution in [0.2, 0.25) is 0 Å². The lowest BCUT2D eigenvalue weighted by Crippen LogP contribution is -2.16. The van der Waals surface area contributed by atoms with Crippen molar-refractivity contribution in [2.24, 2.45) is 5.73 Å². The van der Waals surface area contributed by atoms with Crippen LogP contribution >= 0.6 is 0 Å². The van der Waals surface area contributed by atoms with E-state index in [1.807, 2.05) is 0 Å². The van der Waals surface area contributed by atoms with Crippen molar-refractivity contribution in [1.29, 1.82) is 0 Å². The smallest absolute Gasteiger partial charge is 0.310 e.